The van der Waals surface area contributed by atoms with Crippen LogP contribution in [0.25, 0.3) is 0 Å². The van der Waals surface area contributed by atoms with Crippen molar-refractivity contribution in [1.82, 2.24) is 14.8 Å². The highest BCUT2D eigenvalue weighted by Crippen LogP contribution is 2.34. The van der Waals surface area contributed by atoms with Gasteiger partial charge in [0.15, 0.2) is 0 Å². The van der Waals surface area contributed by atoms with Crippen molar-refractivity contribution in [1.29, 1.82) is 0 Å². The van der Waals surface area contributed by atoms with Gasteiger partial charge in [-0.2, -0.15) is 0 Å². The van der Waals surface area contributed by atoms with E-state index in [0.717, 1.165) is 70.5 Å². The van der Waals surface area contributed by atoms with E-state index in [1.54, 1.807) is 20.4 Å². The molecule has 2 aliphatic heterocycles. The quantitative estimate of drug-likeness (QED) is 0.780. The van der Waals surface area contributed by atoms with Crippen molar-refractivity contribution in [2.24, 2.45) is 5.41 Å². The van der Waals surface area contributed by atoms with Crippen molar-refractivity contribution >= 4 is 0 Å². The minimum Gasteiger partial charge on any atom is -0.481 e. The molecule has 1 unspecified atom stereocenters. The number of hydrogen-bond donors (Lipinski definition) is 0. The highest BCUT2D eigenvalue weighted by Gasteiger charge is 2.40. The third kappa shape index (κ3) is 4.25. The molecule has 24 heavy (non-hydrogen) atoms. The molecule has 0 N–H and O–H groups in total. The Morgan fingerprint density at radius 2 is 2.12 bits per heavy atom. The summed E-state index contributed by atoms with van der Waals surface area (Å²) in [4.78, 5) is 9.31. The molecule has 134 valence electrons. The average Bonchev–Trinajstić information content (AvgIpc) is 2.89. The molecule has 1 spiro atoms. The standard InChI is InChI=1S/C18H29N3O3/c1-22-10-8-20-7-5-18(13-20)14-21(9-11-24-15-18)12-16-4-3-6-19-17(16)23-2/h3-4,6H,5,7-15H2,1-2H3. The Kier molecular flexibility index (Phi) is 6.05. The molecule has 1 aromatic heterocycles. The minimum atomic E-state index is 0.236. The van der Waals surface area contributed by atoms with Gasteiger partial charge >= 0.3 is 0 Å². The lowest BCUT2D eigenvalue weighted by Gasteiger charge is -2.32. The van der Waals surface area contributed by atoms with Gasteiger partial charge in [0.1, 0.15) is 0 Å². The van der Waals surface area contributed by atoms with E-state index >= 15 is 0 Å². The lowest BCUT2D eigenvalue weighted by Crippen LogP contribution is -2.40. The first kappa shape index (κ1) is 17.6. The van der Waals surface area contributed by atoms with E-state index in [2.05, 4.69) is 20.9 Å². The maximum absolute atomic E-state index is 5.96. The van der Waals surface area contributed by atoms with Crippen molar-refractivity contribution in [3.63, 3.8) is 0 Å². The van der Waals surface area contributed by atoms with Crippen molar-refractivity contribution in [2.45, 2.75) is 13.0 Å². The number of rotatable bonds is 6. The molecule has 1 atom stereocenters. The molecule has 2 fully saturated rings. The molecule has 1 aromatic rings. The molecule has 0 aliphatic carbocycles. The summed E-state index contributed by atoms with van der Waals surface area (Å²) in [6.07, 6.45) is 2.97. The molecule has 0 amide bonds. The third-order valence-electron chi connectivity index (χ3n) is 5.09. The van der Waals surface area contributed by atoms with Gasteiger partial charge in [-0.1, -0.05) is 6.07 Å². The molecule has 0 bridgehead atoms. The lowest BCUT2D eigenvalue weighted by atomic mass is 9.87. The van der Waals surface area contributed by atoms with Crippen LogP contribution < -0.4 is 4.74 Å². The molecule has 0 saturated carbocycles. The van der Waals surface area contributed by atoms with Gasteiger partial charge in [0.05, 0.1) is 26.9 Å². The zero-order chi connectivity index (χ0) is 16.8. The van der Waals surface area contributed by atoms with E-state index in [4.69, 9.17) is 14.2 Å². The highest BCUT2D eigenvalue weighted by atomic mass is 16.5. The van der Waals surface area contributed by atoms with Crippen molar-refractivity contribution in [3.05, 3.63) is 23.9 Å². The van der Waals surface area contributed by atoms with Crippen LogP contribution in [-0.4, -0.2) is 81.5 Å². The van der Waals surface area contributed by atoms with Gasteiger partial charge in [-0.15, -0.1) is 0 Å². The average molecular weight is 335 g/mol. The number of nitrogens with zero attached hydrogens (tertiary/aromatic N) is 3. The molecule has 3 rings (SSSR count). The maximum Gasteiger partial charge on any atom is 0.217 e. The first-order valence-electron chi connectivity index (χ1n) is 8.74. The molecule has 2 saturated heterocycles. The summed E-state index contributed by atoms with van der Waals surface area (Å²) in [7, 11) is 3.45. The predicted octanol–water partition coefficient (Wildman–Crippen LogP) is 1.26. The largest absolute Gasteiger partial charge is 0.481 e. The zero-order valence-corrected chi connectivity index (χ0v) is 14.9. The first-order chi connectivity index (χ1) is 11.7. The molecule has 0 radical (unpaired) electrons. The van der Waals surface area contributed by atoms with Gasteiger partial charge in [0, 0.05) is 57.0 Å². The summed E-state index contributed by atoms with van der Waals surface area (Å²) in [5, 5.41) is 0. The van der Waals surface area contributed by atoms with Crippen LogP contribution in [0.2, 0.25) is 0 Å². The van der Waals surface area contributed by atoms with E-state index in [9.17, 15) is 0 Å². The number of aromatic nitrogens is 1. The van der Waals surface area contributed by atoms with Gasteiger partial charge in [-0.05, 0) is 19.0 Å². The van der Waals surface area contributed by atoms with E-state index in [-0.39, 0.29) is 5.41 Å². The van der Waals surface area contributed by atoms with Crippen molar-refractivity contribution in [3.8, 4) is 5.88 Å². The zero-order valence-electron chi connectivity index (χ0n) is 14.9. The summed E-state index contributed by atoms with van der Waals surface area (Å²) in [5.74, 6) is 0.727. The molecular weight excluding hydrogens is 306 g/mol. The molecular formula is C18H29N3O3. The number of ether oxygens (including phenoxy) is 3. The summed E-state index contributed by atoms with van der Waals surface area (Å²) < 4.78 is 16.6. The molecule has 2 aliphatic rings. The monoisotopic (exact) mass is 335 g/mol. The van der Waals surface area contributed by atoms with Crippen LogP contribution in [0.3, 0.4) is 0 Å². The van der Waals surface area contributed by atoms with Crippen molar-refractivity contribution < 1.29 is 14.2 Å². The second-order valence-electron chi connectivity index (χ2n) is 6.95. The molecule has 6 heteroatoms. The Bertz CT molecular complexity index is 528. The molecule has 3 heterocycles. The van der Waals surface area contributed by atoms with Crippen LogP contribution in [0.5, 0.6) is 5.88 Å². The van der Waals surface area contributed by atoms with Crippen LogP contribution >= 0.6 is 0 Å². The maximum atomic E-state index is 5.96. The summed E-state index contributed by atoms with van der Waals surface area (Å²) >= 11 is 0. The second kappa shape index (κ2) is 8.25. The van der Waals surface area contributed by atoms with Crippen LogP contribution in [0, 0.1) is 5.41 Å². The van der Waals surface area contributed by atoms with E-state index in [1.807, 2.05) is 6.07 Å². The fourth-order valence-corrected chi connectivity index (χ4v) is 3.87. The fourth-order valence-electron chi connectivity index (χ4n) is 3.87. The van der Waals surface area contributed by atoms with Gasteiger partial charge in [0.2, 0.25) is 5.88 Å². The Balaban J connectivity index is 1.65. The van der Waals surface area contributed by atoms with E-state index in [1.165, 1.54) is 6.42 Å². The molecule has 0 aromatic carbocycles. The normalized spacial score (nSPS) is 25.9. The Morgan fingerprint density at radius 1 is 1.25 bits per heavy atom. The summed E-state index contributed by atoms with van der Waals surface area (Å²) in [6, 6.07) is 4.08. The van der Waals surface area contributed by atoms with E-state index < -0.39 is 0 Å². The lowest BCUT2D eigenvalue weighted by molar-refractivity contribution is 0.0682. The third-order valence-corrected chi connectivity index (χ3v) is 5.09. The fraction of sp³-hybridized carbons (Fsp3) is 0.722. The number of hydrogen-bond acceptors (Lipinski definition) is 6. The van der Waals surface area contributed by atoms with Gasteiger partial charge in [0.25, 0.3) is 0 Å². The number of pyridine rings is 1. The summed E-state index contributed by atoms with van der Waals surface area (Å²) in [5.41, 5.74) is 1.38. The smallest absolute Gasteiger partial charge is 0.217 e. The number of likely N-dealkylation sites (tertiary alicyclic amines) is 1. The Morgan fingerprint density at radius 3 is 2.96 bits per heavy atom. The SMILES string of the molecule is COCCN1CCC2(COCCN(Cc3cccnc3OC)C2)C1. The second-order valence-corrected chi connectivity index (χ2v) is 6.95. The van der Waals surface area contributed by atoms with Crippen molar-refractivity contribution in [2.75, 3.05) is 66.8 Å². The topological polar surface area (TPSA) is 47.1 Å². The van der Waals surface area contributed by atoms with Crippen LogP contribution in [0.1, 0.15) is 12.0 Å². The van der Waals surface area contributed by atoms with Gasteiger partial charge in [-0.25, -0.2) is 4.98 Å². The van der Waals surface area contributed by atoms with Crippen LogP contribution in [0.4, 0.5) is 0 Å². The molecule has 6 nitrogen and oxygen atoms in total. The Hall–Kier alpha value is -1.21. The predicted molar refractivity (Wildman–Crippen MR) is 92.3 cm³/mol. The minimum absolute atomic E-state index is 0.236. The first-order valence-corrected chi connectivity index (χ1v) is 8.74. The van der Waals surface area contributed by atoms with Crippen LogP contribution in [0.15, 0.2) is 18.3 Å². The van der Waals surface area contributed by atoms with Crippen LogP contribution in [-0.2, 0) is 16.0 Å². The highest BCUT2D eigenvalue weighted by molar-refractivity contribution is 5.25. The summed E-state index contributed by atoms with van der Waals surface area (Å²) in [6.45, 7) is 8.57. The number of methoxy groups -OCH3 is 2. The van der Waals surface area contributed by atoms with Gasteiger partial charge in [-0.3, -0.25) is 4.90 Å². The van der Waals surface area contributed by atoms with Gasteiger partial charge < -0.3 is 19.1 Å². The van der Waals surface area contributed by atoms with E-state index in [0.29, 0.717) is 0 Å². The Labute approximate surface area is 144 Å².